The predicted molar refractivity (Wildman–Crippen MR) is 89.9 cm³/mol. The Kier molecular flexibility index (Phi) is 6.65. The minimum absolute atomic E-state index is 0.00208. The number of rotatable bonds is 8. The van der Waals surface area contributed by atoms with Gasteiger partial charge in [-0.25, -0.2) is 4.98 Å². The quantitative estimate of drug-likeness (QED) is 0.787. The molecule has 1 aliphatic rings. The maximum atomic E-state index is 6.34. The van der Waals surface area contributed by atoms with Crippen molar-refractivity contribution in [2.45, 2.75) is 70.9 Å². The standard InChI is InChI=1S/C17H30N2OS/c1-4-10-18-15(13-16-19-11-12-21-16)17(20-5-2)8-6-14(3)7-9-17/h11-12,14-15,18H,4-10,13H2,1-3H3. The van der Waals surface area contributed by atoms with E-state index in [-0.39, 0.29) is 5.60 Å². The summed E-state index contributed by atoms with van der Waals surface area (Å²) in [5.41, 5.74) is 0.00208. The van der Waals surface area contributed by atoms with Crippen LogP contribution in [0.25, 0.3) is 0 Å². The summed E-state index contributed by atoms with van der Waals surface area (Å²) < 4.78 is 6.34. The van der Waals surface area contributed by atoms with E-state index >= 15 is 0 Å². The predicted octanol–water partition coefficient (Wildman–Crippen LogP) is 4.04. The van der Waals surface area contributed by atoms with Gasteiger partial charge in [-0.05, 0) is 51.5 Å². The summed E-state index contributed by atoms with van der Waals surface area (Å²) in [6, 6.07) is 0.385. The van der Waals surface area contributed by atoms with Gasteiger partial charge in [0.25, 0.3) is 0 Å². The molecule has 0 spiro atoms. The highest BCUT2D eigenvalue weighted by Gasteiger charge is 2.42. The minimum atomic E-state index is 0.00208. The van der Waals surface area contributed by atoms with Crippen LogP contribution in [0.5, 0.6) is 0 Å². The fourth-order valence-corrected chi connectivity index (χ4v) is 4.09. The van der Waals surface area contributed by atoms with E-state index in [1.165, 1.54) is 30.7 Å². The maximum absolute atomic E-state index is 6.34. The van der Waals surface area contributed by atoms with Crippen molar-refractivity contribution in [1.29, 1.82) is 0 Å². The van der Waals surface area contributed by atoms with Crippen molar-refractivity contribution in [3.63, 3.8) is 0 Å². The molecule has 1 aromatic heterocycles. The molecule has 0 aromatic carbocycles. The highest BCUT2D eigenvalue weighted by molar-refractivity contribution is 7.09. The number of thiazole rings is 1. The number of hydrogen-bond donors (Lipinski definition) is 1. The average Bonchev–Trinajstić information content (AvgIpc) is 2.99. The first kappa shape index (κ1) is 16.9. The van der Waals surface area contributed by atoms with Crippen molar-refractivity contribution in [3.05, 3.63) is 16.6 Å². The third kappa shape index (κ3) is 4.51. The Morgan fingerprint density at radius 2 is 2.19 bits per heavy atom. The lowest BCUT2D eigenvalue weighted by Gasteiger charge is -2.45. The first-order valence-electron chi connectivity index (χ1n) is 8.46. The van der Waals surface area contributed by atoms with E-state index in [0.717, 1.165) is 31.9 Å². The number of aromatic nitrogens is 1. The normalized spacial score (nSPS) is 27.7. The Bertz CT molecular complexity index is 386. The van der Waals surface area contributed by atoms with E-state index in [0.29, 0.717) is 6.04 Å². The highest BCUT2D eigenvalue weighted by Crippen LogP contribution is 2.38. The van der Waals surface area contributed by atoms with Gasteiger partial charge in [0.15, 0.2) is 0 Å². The molecule has 3 nitrogen and oxygen atoms in total. The molecular weight excluding hydrogens is 280 g/mol. The molecule has 2 rings (SSSR count). The Morgan fingerprint density at radius 1 is 1.43 bits per heavy atom. The molecule has 1 heterocycles. The third-order valence-corrected chi connectivity index (χ3v) is 5.49. The molecule has 21 heavy (non-hydrogen) atoms. The third-order valence-electron chi connectivity index (χ3n) is 4.69. The van der Waals surface area contributed by atoms with Crippen LogP contribution in [0, 0.1) is 5.92 Å². The fourth-order valence-electron chi connectivity index (χ4n) is 3.42. The molecule has 1 atom stereocenters. The van der Waals surface area contributed by atoms with Crippen molar-refractivity contribution in [2.24, 2.45) is 5.92 Å². The first-order chi connectivity index (χ1) is 10.2. The lowest BCUT2D eigenvalue weighted by molar-refractivity contribution is -0.0960. The summed E-state index contributed by atoms with van der Waals surface area (Å²) in [5.74, 6) is 0.838. The van der Waals surface area contributed by atoms with Crippen LogP contribution in [0.2, 0.25) is 0 Å². The second kappa shape index (κ2) is 8.25. The maximum Gasteiger partial charge on any atom is 0.0941 e. The molecular formula is C17H30N2OS. The fraction of sp³-hybridized carbons (Fsp3) is 0.824. The van der Waals surface area contributed by atoms with Crippen LogP contribution in [0.1, 0.15) is 57.9 Å². The van der Waals surface area contributed by atoms with Crippen molar-refractivity contribution in [1.82, 2.24) is 10.3 Å². The zero-order valence-electron chi connectivity index (χ0n) is 13.7. The Morgan fingerprint density at radius 3 is 2.76 bits per heavy atom. The molecule has 1 unspecified atom stereocenters. The molecule has 0 saturated heterocycles. The minimum Gasteiger partial charge on any atom is -0.374 e. The molecule has 1 aliphatic carbocycles. The monoisotopic (exact) mass is 310 g/mol. The molecule has 4 heteroatoms. The van der Waals surface area contributed by atoms with E-state index < -0.39 is 0 Å². The van der Waals surface area contributed by atoms with Crippen LogP contribution in [0.4, 0.5) is 0 Å². The van der Waals surface area contributed by atoms with E-state index in [9.17, 15) is 0 Å². The van der Waals surface area contributed by atoms with E-state index in [4.69, 9.17) is 4.74 Å². The Hall–Kier alpha value is -0.450. The summed E-state index contributed by atoms with van der Waals surface area (Å²) in [6.07, 6.45) is 8.97. The molecule has 120 valence electrons. The van der Waals surface area contributed by atoms with Crippen LogP contribution in [0.3, 0.4) is 0 Å². The zero-order chi connectivity index (χ0) is 15.1. The summed E-state index contributed by atoms with van der Waals surface area (Å²) in [6.45, 7) is 8.58. The van der Waals surface area contributed by atoms with Gasteiger partial charge in [-0.1, -0.05) is 13.8 Å². The molecule has 1 fully saturated rings. The Labute approximate surface area is 133 Å². The van der Waals surface area contributed by atoms with Gasteiger partial charge in [-0.15, -0.1) is 11.3 Å². The highest BCUT2D eigenvalue weighted by atomic mass is 32.1. The summed E-state index contributed by atoms with van der Waals surface area (Å²) in [5, 5.41) is 7.05. The van der Waals surface area contributed by atoms with E-state index in [2.05, 4.69) is 36.5 Å². The van der Waals surface area contributed by atoms with Crippen LogP contribution in [-0.4, -0.2) is 29.8 Å². The van der Waals surface area contributed by atoms with Gasteiger partial charge in [0.1, 0.15) is 0 Å². The van der Waals surface area contributed by atoms with Crippen molar-refractivity contribution in [3.8, 4) is 0 Å². The second-order valence-corrected chi connectivity index (χ2v) is 7.30. The van der Waals surface area contributed by atoms with Crippen LogP contribution >= 0.6 is 11.3 Å². The largest absolute Gasteiger partial charge is 0.374 e. The average molecular weight is 311 g/mol. The van der Waals surface area contributed by atoms with Crippen LogP contribution in [0.15, 0.2) is 11.6 Å². The SMILES string of the molecule is CCCNC(Cc1nccs1)C1(OCC)CCC(C)CC1. The first-order valence-corrected chi connectivity index (χ1v) is 9.34. The van der Waals surface area contributed by atoms with Gasteiger partial charge in [0.05, 0.1) is 10.6 Å². The topological polar surface area (TPSA) is 34.2 Å². The molecule has 1 aromatic rings. The lowest BCUT2D eigenvalue weighted by Crippen LogP contribution is -2.55. The van der Waals surface area contributed by atoms with Crippen molar-refractivity contribution >= 4 is 11.3 Å². The van der Waals surface area contributed by atoms with E-state index in [1.807, 2.05) is 6.20 Å². The summed E-state index contributed by atoms with van der Waals surface area (Å²) in [7, 11) is 0. The number of ether oxygens (including phenoxy) is 1. The molecule has 0 bridgehead atoms. The van der Waals surface area contributed by atoms with Gasteiger partial charge in [-0.3, -0.25) is 0 Å². The lowest BCUT2D eigenvalue weighted by atomic mass is 9.74. The summed E-state index contributed by atoms with van der Waals surface area (Å²) >= 11 is 1.76. The van der Waals surface area contributed by atoms with Gasteiger partial charge in [0.2, 0.25) is 0 Å². The molecule has 0 amide bonds. The van der Waals surface area contributed by atoms with Crippen molar-refractivity contribution < 1.29 is 4.74 Å². The smallest absolute Gasteiger partial charge is 0.0941 e. The van der Waals surface area contributed by atoms with Crippen LogP contribution < -0.4 is 5.32 Å². The van der Waals surface area contributed by atoms with Gasteiger partial charge < -0.3 is 10.1 Å². The Balaban J connectivity index is 2.13. The molecule has 1 saturated carbocycles. The molecule has 0 aliphatic heterocycles. The van der Waals surface area contributed by atoms with Gasteiger partial charge in [-0.2, -0.15) is 0 Å². The zero-order valence-corrected chi connectivity index (χ0v) is 14.5. The van der Waals surface area contributed by atoms with Crippen molar-refractivity contribution in [2.75, 3.05) is 13.2 Å². The summed E-state index contributed by atoms with van der Waals surface area (Å²) in [4.78, 5) is 4.49. The van der Waals surface area contributed by atoms with Crippen LogP contribution in [-0.2, 0) is 11.2 Å². The molecule has 1 N–H and O–H groups in total. The number of nitrogens with zero attached hydrogens (tertiary/aromatic N) is 1. The molecule has 0 radical (unpaired) electrons. The van der Waals surface area contributed by atoms with Gasteiger partial charge >= 0.3 is 0 Å². The van der Waals surface area contributed by atoms with E-state index in [1.54, 1.807) is 11.3 Å². The number of hydrogen-bond acceptors (Lipinski definition) is 4. The second-order valence-electron chi connectivity index (χ2n) is 6.32. The van der Waals surface area contributed by atoms with Gasteiger partial charge in [0, 0.05) is 30.6 Å². The number of nitrogens with one attached hydrogen (secondary N) is 1.